The Morgan fingerprint density at radius 3 is 2.65 bits per heavy atom. The van der Waals surface area contributed by atoms with Crippen molar-refractivity contribution in [3.8, 4) is 0 Å². The quantitative estimate of drug-likeness (QED) is 0.853. The molecule has 0 aliphatic carbocycles. The lowest BCUT2D eigenvalue weighted by atomic mass is 10.1. The molecule has 2 rings (SSSR count). The zero-order chi connectivity index (χ0) is 12.6. The van der Waals surface area contributed by atoms with E-state index in [1.807, 2.05) is 13.1 Å². The lowest BCUT2D eigenvalue weighted by Gasteiger charge is -2.31. The van der Waals surface area contributed by atoms with Crippen LogP contribution >= 0.6 is 0 Å². The number of aromatic nitrogens is 2. The third-order valence-electron chi connectivity index (χ3n) is 3.63. The van der Waals surface area contributed by atoms with Crippen LogP contribution in [0.4, 0.5) is 0 Å². The van der Waals surface area contributed by atoms with E-state index in [9.17, 15) is 0 Å². The molecule has 1 aliphatic rings. The average molecular weight is 236 g/mol. The summed E-state index contributed by atoms with van der Waals surface area (Å²) in [6.07, 6.45) is 5.17. The highest BCUT2D eigenvalue weighted by Crippen LogP contribution is 2.27. The number of nitrogens with two attached hydrogens (primary N) is 1. The summed E-state index contributed by atoms with van der Waals surface area (Å²) in [7, 11) is 0. The molecule has 2 atom stereocenters. The maximum atomic E-state index is 5.86. The summed E-state index contributed by atoms with van der Waals surface area (Å²) in [4.78, 5) is 2.52. The van der Waals surface area contributed by atoms with Gasteiger partial charge in [-0.15, -0.1) is 0 Å². The Kier molecular flexibility index (Phi) is 3.27. The number of nitrogens with zero attached hydrogens (tertiary/aromatic N) is 3. The molecule has 4 heteroatoms. The molecule has 2 heterocycles. The van der Waals surface area contributed by atoms with Gasteiger partial charge in [-0.05, 0) is 34.1 Å². The van der Waals surface area contributed by atoms with Crippen molar-refractivity contribution in [3.05, 3.63) is 18.0 Å². The Balaban J connectivity index is 2.05. The van der Waals surface area contributed by atoms with Crippen LogP contribution in [0, 0.1) is 0 Å². The van der Waals surface area contributed by atoms with Crippen molar-refractivity contribution >= 4 is 0 Å². The lowest BCUT2D eigenvalue weighted by molar-refractivity contribution is 0.167. The number of hydrogen-bond donors (Lipinski definition) is 1. The molecule has 1 aromatic rings. The van der Waals surface area contributed by atoms with Crippen molar-refractivity contribution in [2.75, 3.05) is 13.1 Å². The predicted molar refractivity (Wildman–Crippen MR) is 69.8 cm³/mol. The molecule has 0 radical (unpaired) electrons. The highest BCUT2D eigenvalue weighted by atomic mass is 15.3. The smallest absolute Gasteiger partial charge is 0.0658 e. The molecule has 1 aromatic heterocycles. The lowest BCUT2D eigenvalue weighted by Crippen LogP contribution is -2.39. The zero-order valence-electron chi connectivity index (χ0n) is 11.3. The van der Waals surface area contributed by atoms with E-state index >= 15 is 0 Å². The highest BCUT2D eigenvalue weighted by Gasteiger charge is 2.31. The van der Waals surface area contributed by atoms with E-state index in [1.54, 1.807) is 0 Å². The molecule has 17 heavy (non-hydrogen) atoms. The van der Waals surface area contributed by atoms with E-state index in [2.05, 4.69) is 41.6 Å². The fourth-order valence-corrected chi connectivity index (χ4v) is 2.35. The van der Waals surface area contributed by atoms with Crippen LogP contribution in [0.3, 0.4) is 0 Å². The highest BCUT2D eigenvalue weighted by molar-refractivity contribution is 5.09. The second-order valence-electron chi connectivity index (χ2n) is 6.10. The van der Waals surface area contributed by atoms with Crippen molar-refractivity contribution in [3.63, 3.8) is 0 Å². The standard InChI is InChI=1S/C13H24N4/c1-10(14)11-7-15-17(8-11)12-5-6-16(9-12)13(2,3)4/h7-8,10,12H,5-6,9,14H2,1-4H3. The Labute approximate surface area is 104 Å². The summed E-state index contributed by atoms with van der Waals surface area (Å²) < 4.78 is 2.09. The van der Waals surface area contributed by atoms with E-state index < -0.39 is 0 Å². The van der Waals surface area contributed by atoms with Crippen LogP contribution in [0.25, 0.3) is 0 Å². The van der Waals surface area contributed by atoms with E-state index in [-0.39, 0.29) is 11.6 Å². The van der Waals surface area contributed by atoms with Crippen LogP contribution in [0.1, 0.15) is 51.8 Å². The van der Waals surface area contributed by atoms with Gasteiger partial charge in [0.15, 0.2) is 0 Å². The summed E-state index contributed by atoms with van der Waals surface area (Å²) in [6, 6.07) is 0.575. The SMILES string of the molecule is CC(N)c1cnn(C2CCN(C(C)(C)C)C2)c1. The molecule has 0 amide bonds. The van der Waals surface area contributed by atoms with Gasteiger partial charge < -0.3 is 5.73 Å². The molecule has 1 fully saturated rings. The summed E-state index contributed by atoms with van der Waals surface area (Å²) in [5.74, 6) is 0. The molecular weight excluding hydrogens is 212 g/mol. The first-order chi connectivity index (χ1) is 7.88. The van der Waals surface area contributed by atoms with Gasteiger partial charge in [0, 0.05) is 36.4 Å². The third-order valence-corrected chi connectivity index (χ3v) is 3.63. The van der Waals surface area contributed by atoms with Gasteiger partial charge in [0.25, 0.3) is 0 Å². The van der Waals surface area contributed by atoms with Crippen LogP contribution in [-0.2, 0) is 0 Å². The van der Waals surface area contributed by atoms with Crippen molar-refractivity contribution < 1.29 is 0 Å². The summed E-state index contributed by atoms with van der Waals surface area (Å²) in [5, 5.41) is 4.45. The van der Waals surface area contributed by atoms with E-state index in [0.29, 0.717) is 6.04 Å². The second-order valence-corrected chi connectivity index (χ2v) is 6.10. The first kappa shape index (κ1) is 12.6. The normalized spacial score (nSPS) is 24.2. The summed E-state index contributed by atoms with van der Waals surface area (Å²) in [6.45, 7) is 11.0. The Morgan fingerprint density at radius 2 is 2.18 bits per heavy atom. The molecule has 2 N–H and O–H groups in total. The zero-order valence-corrected chi connectivity index (χ0v) is 11.3. The number of rotatable bonds is 2. The molecule has 0 saturated carbocycles. The van der Waals surface area contributed by atoms with Gasteiger partial charge in [0.05, 0.1) is 12.2 Å². The Bertz CT molecular complexity index is 375. The molecule has 4 nitrogen and oxygen atoms in total. The first-order valence-corrected chi connectivity index (χ1v) is 6.42. The molecular formula is C13H24N4. The van der Waals surface area contributed by atoms with Crippen LogP contribution in [0.5, 0.6) is 0 Å². The van der Waals surface area contributed by atoms with Gasteiger partial charge in [-0.1, -0.05) is 0 Å². The molecule has 1 aliphatic heterocycles. The minimum Gasteiger partial charge on any atom is -0.324 e. The van der Waals surface area contributed by atoms with Crippen molar-refractivity contribution in [1.29, 1.82) is 0 Å². The predicted octanol–water partition coefficient (Wildman–Crippen LogP) is 1.95. The van der Waals surface area contributed by atoms with Crippen LogP contribution in [-0.4, -0.2) is 33.3 Å². The van der Waals surface area contributed by atoms with Gasteiger partial charge in [0.1, 0.15) is 0 Å². The van der Waals surface area contributed by atoms with Gasteiger partial charge in [-0.3, -0.25) is 9.58 Å². The maximum Gasteiger partial charge on any atom is 0.0658 e. The van der Waals surface area contributed by atoms with Crippen LogP contribution in [0.2, 0.25) is 0 Å². The van der Waals surface area contributed by atoms with Gasteiger partial charge in [-0.2, -0.15) is 5.10 Å². The monoisotopic (exact) mass is 236 g/mol. The first-order valence-electron chi connectivity index (χ1n) is 6.42. The van der Waals surface area contributed by atoms with Crippen LogP contribution in [0.15, 0.2) is 12.4 Å². The molecule has 0 aromatic carbocycles. The topological polar surface area (TPSA) is 47.1 Å². The van der Waals surface area contributed by atoms with Gasteiger partial charge in [0.2, 0.25) is 0 Å². The fraction of sp³-hybridized carbons (Fsp3) is 0.769. The molecule has 1 saturated heterocycles. The minimum absolute atomic E-state index is 0.0730. The molecule has 96 valence electrons. The number of likely N-dealkylation sites (tertiary alicyclic amines) is 1. The van der Waals surface area contributed by atoms with E-state index in [1.165, 1.54) is 6.42 Å². The molecule has 0 spiro atoms. The molecule has 0 bridgehead atoms. The fourth-order valence-electron chi connectivity index (χ4n) is 2.35. The Morgan fingerprint density at radius 1 is 1.47 bits per heavy atom. The van der Waals surface area contributed by atoms with E-state index in [4.69, 9.17) is 5.73 Å². The third kappa shape index (κ3) is 2.69. The van der Waals surface area contributed by atoms with Gasteiger partial charge in [-0.25, -0.2) is 0 Å². The Hall–Kier alpha value is -0.870. The maximum absolute atomic E-state index is 5.86. The van der Waals surface area contributed by atoms with Crippen molar-refractivity contribution in [2.24, 2.45) is 5.73 Å². The second kappa shape index (κ2) is 4.42. The van der Waals surface area contributed by atoms with E-state index in [0.717, 1.165) is 18.7 Å². The van der Waals surface area contributed by atoms with Crippen molar-refractivity contribution in [2.45, 2.75) is 51.7 Å². The van der Waals surface area contributed by atoms with Crippen LogP contribution < -0.4 is 5.73 Å². The average Bonchev–Trinajstić information content (AvgIpc) is 2.85. The molecule has 2 unspecified atom stereocenters. The largest absolute Gasteiger partial charge is 0.324 e. The minimum atomic E-state index is 0.0730. The van der Waals surface area contributed by atoms with Gasteiger partial charge >= 0.3 is 0 Å². The summed E-state index contributed by atoms with van der Waals surface area (Å²) >= 11 is 0. The van der Waals surface area contributed by atoms with Crippen molar-refractivity contribution in [1.82, 2.24) is 14.7 Å². The number of hydrogen-bond acceptors (Lipinski definition) is 3. The summed E-state index contributed by atoms with van der Waals surface area (Å²) in [5.41, 5.74) is 7.24.